The molecule has 0 aliphatic heterocycles. The van der Waals surface area contributed by atoms with Crippen molar-refractivity contribution in [1.82, 2.24) is 9.55 Å². The lowest BCUT2D eigenvalue weighted by atomic mass is 9.98. The van der Waals surface area contributed by atoms with E-state index in [2.05, 4.69) is 35.3 Å². The number of benzene rings is 2. The number of nitrogens with zero attached hydrogens (tertiary/aromatic N) is 3. The van der Waals surface area contributed by atoms with Gasteiger partial charge in [-0.25, -0.2) is 4.98 Å². The summed E-state index contributed by atoms with van der Waals surface area (Å²) in [5.74, 6) is 0.419. The van der Waals surface area contributed by atoms with Gasteiger partial charge in [-0.3, -0.25) is 0 Å². The van der Waals surface area contributed by atoms with Crippen molar-refractivity contribution in [3.8, 4) is 6.07 Å². The summed E-state index contributed by atoms with van der Waals surface area (Å²) in [6.45, 7) is 0. The van der Waals surface area contributed by atoms with E-state index in [4.69, 9.17) is 0 Å². The second kappa shape index (κ2) is 5.41. The highest BCUT2D eigenvalue weighted by molar-refractivity contribution is 5.34. The second-order valence-electron chi connectivity index (χ2n) is 4.49. The Kier molecular flexibility index (Phi) is 3.30. The van der Waals surface area contributed by atoms with Gasteiger partial charge in [-0.2, -0.15) is 5.26 Å². The Morgan fingerprint density at radius 1 is 0.900 bits per heavy atom. The molecule has 96 valence electrons. The second-order valence-corrected chi connectivity index (χ2v) is 4.49. The Balaban J connectivity index is 2.17. The Morgan fingerprint density at radius 2 is 1.45 bits per heavy atom. The maximum Gasteiger partial charge on any atom is 0.213 e. The van der Waals surface area contributed by atoms with Crippen LogP contribution in [0.15, 0.2) is 73.1 Å². The van der Waals surface area contributed by atoms with Gasteiger partial charge in [-0.15, -0.1) is 0 Å². The molecule has 1 aromatic heterocycles. The van der Waals surface area contributed by atoms with E-state index in [0.717, 1.165) is 11.1 Å². The predicted molar refractivity (Wildman–Crippen MR) is 77.1 cm³/mol. The summed E-state index contributed by atoms with van der Waals surface area (Å²) in [5, 5.41) is 9.22. The van der Waals surface area contributed by atoms with Crippen LogP contribution in [0.4, 0.5) is 0 Å². The van der Waals surface area contributed by atoms with Crippen molar-refractivity contribution in [1.29, 1.82) is 5.26 Å². The first kappa shape index (κ1) is 12.2. The zero-order valence-corrected chi connectivity index (χ0v) is 10.8. The lowest BCUT2D eigenvalue weighted by Crippen LogP contribution is -2.13. The number of nitriles is 1. The van der Waals surface area contributed by atoms with Crippen LogP contribution >= 0.6 is 0 Å². The van der Waals surface area contributed by atoms with Crippen molar-refractivity contribution in [2.75, 3.05) is 0 Å². The van der Waals surface area contributed by atoms with Gasteiger partial charge in [0.25, 0.3) is 0 Å². The van der Waals surface area contributed by atoms with Gasteiger partial charge in [0, 0.05) is 12.4 Å². The molecule has 3 heteroatoms. The fourth-order valence-electron chi connectivity index (χ4n) is 2.39. The van der Waals surface area contributed by atoms with Crippen LogP contribution in [0.25, 0.3) is 0 Å². The summed E-state index contributed by atoms with van der Waals surface area (Å²) in [6, 6.07) is 22.4. The summed E-state index contributed by atoms with van der Waals surface area (Å²) >= 11 is 0. The molecule has 0 fully saturated rings. The van der Waals surface area contributed by atoms with Crippen LogP contribution in [0.1, 0.15) is 23.0 Å². The summed E-state index contributed by atoms with van der Waals surface area (Å²) in [6.07, 6.45) is 3.51. The van der Waals surface area contributed by atoms with Crippen molar-refractivity contribution in [2.45, 2.75) is 6.04 Å². The van der Waals surface area contributed by atoms with Crippen molar-refractivity contribution >= 4 is 0 Å². The third kappa shape index (κ3) is 2.19. The minimum atomic E-state index is -0.0328. The summed E-state index contributed by atoms with van der Waals surface area (Å²) in [4.78, 5) is 4.11. The molecular weight excluding hydrogens is 246 g/mol. The van der Waals surface area contributed by atoms with Gasteiger partial charge < -0.3 is 4.57 Å². The Morgan fingerprint density at radius 3 is 1.95 bits per heavy atom. The lowest BCUT2D eigenvalue weighted by Gasteiger charge is -2.20. The smallest absolute Gasteiger partial charge is 0.213 e. The monoisotopic (exact) mass is 259 g/mol. The van der Waals surface area contributed by atoms with E-state index in [1.165, 1.54) is 0 Å². The molecule has 0 aliphatic rings. The van der Waals surface area contributed by atoms with Gasteiger partial charge in [0.2, 0.25) is 5.82 Å². The topological polar surface area (TPSA) is 41.6 Å². The molecule has 0 aliphatic carbocycles. The molecule has 0 unspecified atom stereocenters. The average Bonchev–Trinajstić information content (AvgIpc) is 2.98. The van der Waals surface area contributed by atoms with E-state index in [9.17, 15) is 5.26 Å². The molecule has 0 spiro atoms. The minimum Gasteiger partial charge on any atom is -0.311 e. The highest BCUT2D eigenvalue weighted by Gasteiger charge is 2.18. The molecule has 0 bridgehead atoms. The van der Waals surface area contributed by atoms with Gasteiger partial charge in [-0.1, -0.05) is 60.7 Å². The zero-order chi connectivity index (χ0) is 13.8. The largest absolute Gasteiger partial charge is 0.311 e. The molecule has 0 saturated carbocycles. The van der Waals surface area contributed by atoms with Crippen LogP contribution in [-0.4, -0.2) is 9.55 Å². The number of imidazole rings is 1. The Hall–Kier alpha value is -2.86. The first-order valence-corrected chi connectivity index (χ1v) is 6.43. The molecule has 0 N–H and O–H groups in total. The molecule has 3 rings (SSSR count). The minimum absolute atomic E-state index is 0.0328. The van der Waals surface area contributed by atoms with Crippen LogP contribution < -0.4 is 0 Å². The zero-order valence-electron chi connectivity index (χ0n) is 10.8. The summed E-state index contributed by atoms with van der Waals surface area (Å²) in [7, 11) is 0. The maximum atomic E-state index is 9.22. The Bertz CT molecular complexity index is 684. The van der Waals surface area contributed by atoms with E-state index in [-0.39, 0.29) is 6.04 Å². The van der Waals surface area contributed by atoms with E-state index in [1.807, 2.05) is 47.2 Å². The van der Waals surface area contributed by atoms with Crippen LogP contribution in [-0.2, 0) is 0 Å². The van der Waals surface area contributed by atoms with Crippen molar-refractivity contribution < 1.29 is 0 Å². The molecular formula is C17H13N3. The Labute approximate surface area is 117 Å². The normalized spacial score (nSPS) is 10.4. The van der Waals surface area contributed by atoms with Crippen molar-refractivity contribution in [3.63, 3.8) is 0 Å². The molecule has 0 amide bonds. The van der Waals surface area contributed by atoms with Gasteiger partial charge in [0.15, 0.2) is 0 Å². The number of hydrogen-bond donors (Lipinski definition) is 0. The van der Waals surface area contributed by atoms with E-state index in [1.54, 1.807) is 6.20 Å². The first-order valence-electron chi connectivity index (χ1n) is 6.43. The molecule has 0 radical (unpaired) electrons. The number of rotatable bonds is 3. The quantitative estimate of drug-likeness (QED) is 0.723. The van der Waals surface area contributed by atoms with Crippen molar-refractivity contribution in [3.05, 3.63) is 90.0 Å². The van der Waals surface area contributed by atoms with Gasteiger partial charge in [-0.05, 0) is 11.1 Å². The van der Waals surface area contributed by atoms with Gasteiger partial charge in [0.05, 0.1) is 6.04 Å². The van der Waals surface area contributed by atoms with E-state index in [0.29, 0.717) is 5.82 Å². The first-order chi connectivity index (χ1) is 9.90. The average molecular weight is 259 g/mol. The fraction of sp³-hybridized carbons (Fsp3) is 0.0588. The van der Waals surface area contributed by atoms with E-state index >= 15 is 0 Å². The fourth-order valence-corrected chi connectivity index (χ4v) is 2.39. The van der Waals surface area contributed by atoms with Crippen molar-refractivity contribution in [2.24, 2.45) is 0 Å². The predicted octanol–water partition coefficient (Wildman–Crippen LogP) is 3.39. The molecule has 20 heavy (non-hydrogen) atoms. The number of aromatic nitrogens is 2. The summed E-state index contributed by atoms with van der Waals surface area (Å²) in [5.41, 5.74) is 2.27. The number of hydrogen-bond acceptors (Lipinski definition) is 2. The third-order valence-electron chi connectivity index (χ3n) is 3.28. The van der Waals surface area contributed by atoms with Crippen LogP contribution in [0.5, 0.6) is 0 Å². The lowest BCUT2D eigenvalue weighted by molar-refractivity contribution is 0.667. The summed E-state index contributed by atoms with van der Waals surface area (Å²) < 4.78 is 1.91. The molecule has 2 aromatic carbocycles. The van der Waals surface area contributed by atoms with Crippen LogP contribution in [0, 0.1) is 11.3 Å². The molecule has 0 atom stereocenters. The van der Waals surface area contributed by atoms with Gasteiger partial charge >= 0.3 is 0 Å². The standard InChI is InChI=1S/C17H13N3/c18-13-16-19-11-12-20(16)17(14-7-3-1-4-8-14)15-9-5-2-6-10-15/h1-12,17H. The molecule has 0 saturated heterocycles. The van der Waals surface area contributed by atoms with E-state index < -0.39 is 0 Å². The third-order valence-corrected chi connectivity index (χ3v) is 3.28. The highest BCUT2D eigenvalue weighted by atomic mass is 15.1. The highest BCUT2D eigenvalue weighted by Crippen LogP contribution is 2.27. The molecule has 3 aromatic rings. The van der Waals surface area contributed by atoms with Crippen LogP contribution in [0.2, 0.25) is 0 Å². The SMILES string of the molecule is N#Cc1nccn1C(c1ccccc1)c1ccccc1. The maximum absolute atomic E-state index is 9.22. The van der Waals surface area contributed by atoms with Gasteiger partial charge in [0.1, 0.15) is 6.07 Å². The van der Waals surface area contributed by atoms with Crippen LogP contribution in [0.3, 0.4) is 0 Å². The molecule has 1 heterocycles. The molecule has 3 nitrogen and oxygen atoms in total.